The van der Waals surface area contributed by atoms with Crippen LogP contribution in [0.5, 0.6) is 0 Å². The Morgan fingerprint density at radius 2 is 2.14 bits per heavy atom. The smallest absolute Gasteiger partial charge is 0.303 e. The summed E-state index contributed by atoms with van der Waals surface area (Å²) in [7, 11) is 0. The van der Waals surface area contributed by atoms with E-state index in [1.807, 2.05) is 19.9 Å². The van der Waals surface area contributed by atoms with Gasteiger partial charge in [0.2, 0.25) is 0 Å². The van der Waals surface area contributed by atoms with Gasteiger partial charge in [0.1, 0.15) is 11.8 Å². The molecule has 1 atom stereocenters. The van der Waals surface area contributed by atoms with Gasteiger partial charge in [-0.05, 0) is 30.4 Å². The van der Waals surface area contributed by atoms with Gasteiger partial charge in [0, 0.05) is 19.2 Å². The van der Waals surface area contributed by atoms with Crippen LogP contribution in [0.15, 0.2) is 18.3 Å². The maximum absolute atomic E-state index is 11.9. The summed E-state index contributed by atoms with van der Waals surface area (Å²) in [4.78, 5) is 26.6. The van der Waals surface area contributed by atoms with Crippen LogP contribution >= 0.6 is 0 Å². The van der Waals surface area contributed by atoms with Crippen LogP contribution in [0.4, 0.5) is 0 Å². The SMILES string of the molecule is CC(C)CC(CNC(=O)c1ccc(C#N)cn1)CC(=O)O. The van der Waals surface area contributed by atoms with Crippen LogP contribution < -0.4 is 5.32 Å². The summed E-state index contributed by atoms with van der Waals surface area (Å²) < 4.78 is 0. The largest absolute Gasteiger partial charge is 0.481 e. The van der Waals surface area contributed by atoms with Gasteiger partial charge in [-0.15, -0.1) is 0 Å². The number of aromatic nitrogens is 1. The van der Waals surface area contributed by atoms with Crippen LogP contribution in [0.3, 0.4) is 0 Å². The number of nitriles is 1. The average Bonchev–Trinajstić information content (AvgIpc) is 2.43. The standard InChI is InChI=1S/C15H19N3O3/c1-10(2)5-12(6-14(19)20)9-18-15(21)13-4-3-11(7-16)8-17-13/h3-4,8,10,12H,5-6,9H2,1-2H3,(H,18,21)(H,19,20). The molecule has 0 aliphatic rings. The number of carbonyl (C=O) groups is 2. The van der Waals surface area contributed by atoms with E-state index in [0.29, 0.717) is 18.0 Å². The van der Waals surface area contributed by atoms with Crippen LogP contribution in [-0.2, 0) is 4.79 Å². The maximum Gasteiger partial charge on any atom is 0.303 e. The number of rotatable bonds is 7. The number of hydrogen-bond donors (Lipinski definition) is 2. The highest BCUT2D eigenvalue weighted by Crippen LogP contribution is 2.15. The van der Waals surface area contributed by atoms with Crippen molar-refractivity contribution >= 4 is 11.9 Å². The summed E-state index contributed by atoms with van der Waals surface area (Å²) in [6.07, 6.45) is 2.09. The van der Waals surface area contributed by atoms with E-state index in [-0.39, 0.29) is 23.9 Å². The third-order valence-corrected chi connectivity index (χ3v) is 2.94. The van der Waals surface area contributed by atoms with Crippen molar-refractivity contribution in [1.29, 1.82) is 5.26 Å². The molecular weight excluding hydrogens is 270 g/mol. The number of amides is 1. The summed E-state index contributed by atoms with van der Waals surface area (Å²) in [5, 5.41) is 20.2. The van der Waals surface area contributed by atoms with Crippen molar-refractivity contribution in [3.8, 4) is 6.07 Å². The topological polar surface area (TPSA) is 103 Å². The Kier molecular flexibility index (Phi) is 6.34. The third kappa shape index (κ3) is 6.04. The maximum atomic E-state index is 11.9. The molecule has 0 saturated carbocycles. The third-order valence-electron chi connectivity index (χ3n) is 2.94. The molecule has 0 aromatic carbocycles. The van der Waals surface area contributed by atoms with E-state index in [1.54, 1.807) is 0 Å². The first-order valence-corrected chi connectivity index (χ1v) is 6.78. The van der Waals surface area contributed by atoms with Gasteiger partial charge in [-0.1, -0.05) is 13.8 Å². The number of carboxylic acids is 1. The zero-order valence-electron chi connectivity index (χ0n) is 12.2. The van der Waals surface area contributed by atoms with Crippen LogP contribution in [0.2, 0.25) is 0 Å². The number of carboxylic acid groups (broad SMARTS) is 1. The van der Waals surface area contributed by atoms with Gasteiger partial charge in [0.15, 0.2) is 0 Å². The monoisotopic (exact) mass is 289 g/mol. The van der Waals surface area contributed by atoms with Crippen molar-refractivity contribution in [3.63, 3.8) is 0 Å². The quantitative estimate of drug-likeness (QED) is 0.797. The lowest BCUT2D eigenvalue weighted by Gasteiger charge is -2.17. The van der Waals surface area contributed by atoms with Crippen molar-refractivity contribution < 1.29 is 14.7 Å². The number of pyridine rings is 1. The number of carbonyl (C=O) groups excluding carboxylic acids is 1. The van der Waals surface area contributed by atoms with Crippen molar-refractivity contribution in [3.05, 3.63) is 29.6 Å². The predicted octanol–water partition coefficient (Wildman–Crippen LogP) is 1.82. The number of aliphatic carboxylic acids is 1. The van der Waals surface area contributed by atoms with Crippen LogP contribution in [0, 0.1) is 23.2 Å². The molecule has 0 radical (unpaired) electrons. The highest BCUT2D eigenvalue weighted by Gasteiger charge is 2.17. The summed E-state index contributed by atoms with van der Waals surface area (Å²) in [6, 6.07) is 4.92. The molecule has 0 aliphatic heterocycles. The normalized spacial score (nSPS) is 11.7. The molecule has 0 spiro atoms. The molecule has 1 heterocycles. The Balaban J connectivity index is 2.59. The molecule has 2 N–H and O–H groups in total. The minimum atomic E-state index is -0.869. The van der Waals surface area contributed by atoms with Crippen LogP contribution in [-0.4, -0.2) is 28.5 Å². The average molecular weight is 289 g/mol. The van der Waals surface area contributed by atoms with Crippen molar-refractivity contribution in [2.24, 2.45) is 11.8 Å². The molecule has 21 heavy (non-hydrogen) atoms. The fraction of sp³-hybridized carbons (Fsp3) is 0.467. The van der Waals surface area contributed by atoms with E-state index < -0.39 is 5.97 Å². The second-order valence-electron chi connectivity index (χ2n) is 5.35. The molecule has 6 nitrogen and oxygen atoms in total. The van der Waals surface area contributed by atoms with Crippen molar-refractivity contribution in [2.45, 2.75) is 26.7 Å². The Hall–Kier alpha value is -2.42. The minimum Gasteiger partial charge on any atom is -0.481 e. The van der Waals surface area contributed by atoms with E-state index in [1.165, 1.54) is 18.3 Å². The highest BCUT2D eigenvalue weighted by atomic mass is 16.4. The summed E-state index contributed by atoms with van der Waals surface area (Å²) >= 11 is 0. The molecule has 1 aromatic heterocycles. The predicted molar refractivity (Wildman–Crippen MR) is 76.5 cm³/mol. The summed E-state index contributed by atoms with van der Waals surface area (Å²) in [5.74, 6) is -0.978. The fourth-order valence-corrected chi connectivity index (χ4v) is 2.07. The van der Waals surface area contributed by atoms with Crippen molar-refractivity contribution in [2.75, 3.05) is 6.54 Å². The lowest BCUT2D eigenvalue weighted by Crippen LogP contribution is -2.31. The molecular formula is C15H19N3O3. The molecule has 0 fully saturated rings. The number of hydrogen-bond acceptors (Lipinski definition) is 4. The zero-order valence-corrected chi connectivity index (χ0v) is 12.2. The van der Waals surface area contributed by atoms with E-state index in [9.17, 15) is 9.59 Å². The summed E-state index contributed by atoms with van der Waals surface area (Å²) in [6.45, 7) is 4.32. The lowest BCUT2D eigenvalue weighted by molar-refractivity contribution is -0.138. The van der Waals surface area contributed by atoms with Gasteiger partial charge in [-0.2, -0.15) is 5.26 Å². The number of nitrogens with one attached hydrogen (secondary N) is 1. The molecule has 112 valence electrons. The van der Waals surface area contributed by atoms with Gasteiger partial charge in [0.05, 0.1) is 5.56 Å². The van der Waals surface area contributed by atoms with Gasteiger partial charge in [0.25, 0.3) is 5.91 Å². The van der Waals surface area contributed by atoms with Gasteiger partial charge in [-0.3, -0.25) is 9.59 Å². The van der Waals surface area contributed by atoms with E-state index in [4.69, 9.17) is 10.4 Å². The first-order valence-electron chi connectivity index (χ1n) is 6.78. The Morgan fingerprint density at radius 1 is 1.43 bits per heavy atom. The second kappa shape index (κ2) is 8.00. The molecule has 1 amide bonds. The second-order valence-corrected chi connectivity index (χ2v) is 5.35. The minimum absolute atomic E-state index is 0.0270. The van der Waals surface area contributed by atoms with Crippen molar-refractivity contribution in [1.82, 2.24) is 10.3 Å². The van der Waals surface area contributed by atoms with Gasteiger partial charge in [-0.25, -0.2) is 4.98 Å². The Labute approximate surface area is 123 Å². The molecule has 0 saturated heterocycles. The molecule has 6 heteroatoms. The molecule has 0 bridgehead atoms. The molecule has 0 aliphatic carbocycles. The first kappa shape index (κ1) is 16.6. The van der Waals surface area contributed by atoms with Gasteiger partial charge >= 0.3 is 5.97 Å². The Bertz CT molecular complexity index is 532. The summed E-state index contributed by atoms with van der Waals surface area (Å²) in [5.41, 5.74) is 0.600. The number of nitrogens with zero attached hydrogens (tertiary/aromatic N) is 2. The lowest BCUT2D eigenvalue weighted by atomic mass is 9.94. The van der Waals surface area contributed by atoms with E-state index in [2.05, 4.69) is 10.3 Å². The van der Waals surface area contributed by atoms with Crippen LogP contribution in [0.1, 0.15) is 42.7 Å². The highest BCUT2D eigenvalue weighted by molar-refractivity contribution is 5.92. The van der Waals surface area contributed by atoms with E-state index >= 15 is 0 Å². The van der Waals surface area contributed by atoms with E-state index in [0.717, 1.165) is 6.42 Å². The first-order chi connectivity index (χ1) is 9.92. The molecule has 1 aromatic rings. The zero-order chi connectivity index (χ0) is 15.8. The van der Waals surface area contributed by atoms with Gasteiger partial charge < -0.3 is 10.4 Å². The fourth-order valence-electron chi connectivity index (χ4n) is 2.07. The molecule has 1 unspecified atom stereocenters. The Morgan fingerprint density at radius 3 is 2.62 bits per heavy atom. The molecule has 1 rings (SSSR count). The van der Waals surface area contributed by atoms with Crippen LogP contribution in [0.25, 0.3) is 0 Å².